The molecule has 1 rings (SSSR count). The summed E-state index contributed by atoms with van der Waals surface area (Å²) in [6.45, 7) is 0.744. The zero-order valence-corrected chi connectivity index (χ0v) is 8.92. The Morgan fingerprint density at radius 1 is 0.833 bits per heavy atom. The zero-order chi connectivity index (χ0) is 8.49. The van der Waals surface area contributed by atoms with Crippen molar-refractivity contribution in [2.75, 3.05) is 12.4 Å². The van der Waals surface area contributed by atoms with Crippen LogP contribution in [0.4, 0.5) is 0 Å². The van der Waals surface area contributed by atoms with E-state index in [9.17, 15) is 0 Å². The maximum absolute atomic E-state index is 4.95. The van der Waals surface area contributed by atoms with E-state index in [1.807, 2.05) is 0 Å². The highest BCUT2D eigenvalue weighted by Gasteiger charge is 1.97. The molecule has 12 heavy (non-hydrogen) atoms. The molecule has 1 aliphatic rings. The van der Waals surface area contributed by atoms with E-state index in [-0.39, 0.29) is 0 Å². The summed E-state index contributed by atoms with van der Waals surface area (Å²) in [5.74, 6) is 1.17. The lowest BCUT2D eigenvalue weighted by molar-refractivity contribution is -0.189. The molecule has 0 radical (unpaired) electrons. The van der Waals surface area contributed by atoms with Gasteiger partial charge in [0.2, 0.25) is 0 Å². The average molecular weight is 208 g/mol. The van der Waals surface area contributed by atoms with Crippen LogP contribution in [-0.4, -0.2) is 12.4 Å². The standard InChI is InChI=1S/C8H16O2S2/c1-2-4-6-8-11-12-10-9-7-5-3-1/h1-8H2. The Hall–Kier alpha value is 0.620. The third-order valence-corrected chi connectivity index (χ3v) is 3.49. The van der Waals surface area contributed by atoms with Gasteiger partial charge in [0.25, 0.3) is 0 Å². The Morgan fingerprint density at radius 2 is 1.58 bits per heavy atom. The zero-order valence-electron chi connectivity index (χ0n) is 7.29. The van der Waals surface area contributed by atoms with Gasteiger partial charge in [0, 0.05) is 5.75 Å². The van der Waals surface area contributed by atoms with Gasteiger partial charge < -0.3 is 0 Å². The maximum Gasteiger partial charge on any atom is 0.102 e. The molecule has 0 bridgehead atoms. The predicted octanol–water partition coefficient (Wildman–Crippen LogP) is 3.59. The van der Waals surface area contributed by atoms with E-state index in [4.69, 9.17) is 9.22 Å². The molecule has 0 atom stereocenters. The Balaban J connectivity index is 2.00. The van der Waals surface area contributed by atoms with Crippen molar-refractivity contribution in [3.8, 4) is 0 Å². The Labute approximate surface area is 82.3 Å². The minimum atomic E-state index is 0.744. The van der Waals surface area contributed by atoms with E-state index >= 15 is 0 Å². The molecular formula is C8H16O2S2. The number of hydrogen-bond acceptors (Lipinski definition) is 4. The summed E-state index contributed by atoms with van der Waals surface area (Å²) in [7, 11) is 1.74. The molecule has 2 nitrogen and oxygen atoms in total. The third kappa shape index (κ3) is 6.17. The molecule has 1 aliphatic heterocycles. The van der Waals surface area contributed by atoms with E-state index < -0.39 is 0 Å². The van der Waals surface area contributed by atoms with Crippen molar-refractivity contribution >= 4 is 21.9 Å². The summed E-state index contributed by atoms with van der Waals surface area (Å²) < 4.78 is 4.89. The van der Waals surface area contributed by atoms with Crippen LogP contribution < -0.4 is 0 Å². The molecular weight excluding hydrogens is 192 g/mol. The summed E-state index contributed by atoms with van der Waals surface area (Å²) in [6, 6.07) is 0. The maximum atomic E-state index is 4.95. The predicted molar refractivity (Wildman–Crippen MR) is 54.8 cm³/mol. The fourth-order valence-corrected chi connectivity index (χ4v) is 2.47. The van der Waals surface area contributed by atoms with Gasteiger partial charge >= 0.3 is 0 Å². The number of rotatable bonds is 0. The normalized spacial score (nSPS) is 24.0. The fraction of sp³-hybridized carbons (Fsp3) is 1.00. The molecule has 1 saturated heterocycles. The molecule has 0 aliphatic carbocycles. The van der Waals surface area contributed by atoms with Crippen molar-refractivity contribution in [2.24, 2.45) is 0 Å². The SMILES string of the molecule is C1CCCCSSOOCCC1. The third-order valence-electron chi connectivity index (χ3n) is 1.83. The monoisotopic (exact) mass is 208 g/mol. The van der Waals surface area contributed by atoms with E-state index in [0.717, 1.165) is 13.0 Å². The van der Waals surface area contributed by atoms with Crippen LogP contribution in [0.2, 0.25) is 0 Å². The second-order valence-corrected chi connectivity index (χ2v) is 4.93. The van der Waals surface area contributed by atoms with E-state index in [1.54, 1.807) is 10.8 Å². The topological polar surface area (TPSA) is 18.5 Å². The lowest BCUT2D eigenvalue weighted by atomic mass is 10.1. The summed E-state index contributed by atoms with van der Waals surface area (Å²) in [5, 5.41) is 0. The van der Waals surface area contributed by atoms with Gasteiger partial charge in [-0.3, -0.25) is 0 Å². The van der Waals surface area contributed by atoms with Crippen LogP contribution >= 0.6 is 21.9 Å². The highest BCUT2D eigenvalue weighted by Crippen LogP contribution is 2.24. The lowest BCUT2D eigenvalue weighted by Gasteiger charge is -2.05. The van der Waals surface area contributed by atoms with Gasteiger partial charge in [-0.1, -0.05) is 36.5 Å². The molecule has 1 heterocycles. The second-order valence-electron chi connectivity index (χ2n) is 2.90. The largest absolute Gasteiger partial charge is 0.224 e. The molecule has 0 unspecified atom stereocenters. The van der Waals surface area contributed by atoms with Crippen molar-refractivity contribution in [2.45, 2.75) is 38.5 Å². The molecule has 1 fully saturated rings. The van der Waals surface area contributed by atoms with Gasteiger partial charge in [-0.25, -0.2) is 4.89 Å². The lowest BCUT2D eigenvalue weighted by Crippen LogP contribution is -1.92. The molecule has 0 aromatic heterocycles. The first-order valence-electron chi connectivity index (χ1n) is 4.58. The van der Waals surface area contributed by atoms with Crippen molar-refractivity contribution in [3.63, 3.8) is 0 Å². The smallest absolute Gasteiger partial charge is 0.102 e. The molecule has 4 heteroatoms. The molecule has 0 amide bonds. The Bertz CT molecular complexity index is 58.0. The molecule has 0 saturated carbocycles. The summed E-state index contributed by atoms with van der Waals surface area (Å²) in [5.41, 5.74) is 0. The fourth-order valence-electron chi connectivity index (χ4n) is 1.14. The highest BCUT2D eigenvalue weighted by atomic mass is 33.1. The van der Waals surface area contributed by atoms with Crippen LogP contribution in [0.5, 0.6) is 0 Å². The van der Waals surface area contributed by atoms with Crippen LogP contribution in [0.25, 0.3) is 0 Å². The van der Waals surface area contributed by atoms with E-state index in [1.165, 1.54) is 48.9 Å². The van der Waals surface area contributed by atoms with Gasteiger partial charge in [0.1, 0.15) is 11.1 Å². The van der Waals surface area contributed by atoms with Gasteiger partial charge in [-0.05, 0) is 12.8 Å². The minimum Gasteiger partial charge on any atom is -0.224 e. The van der Waals surface area contributed by atoms with Crippen molar-refractivity contribution < 1.29 is 9.22 Å². The first-order chi connectivity index (χ1) is 6.00. The van der Waals surface area contributed by atoms with Crippen LogP contribution in [0.1, 0.15) is 38.5 Å². The Kier molecular flexibility index (Phi) is 7.34. The van der Waals surface area contributed by atoms with Crippen LogP contribution in [0, 0.1) is 0 Å². The van der Waals surface area contributed by atoms with Crippen molar-refractivity contribution in [1.29, 1.82) is 0 Å². The summed E-state index contributed by atoms with van der Waals surface area (Å²) in [6.07, 6.45) is 7.81. The van der Waals surface area contributed by atoms with E-state index in [2.05, 4.69) is 0 Å². The first kappa shape index (κ1) is 10.7. The number of hydrogen-bond donors (Lipinski definition) is 0. The molecule has 0 spiro atoms. The van der Waals surface area contributed by atoms with Crippen LogP contribution in [0.15, 0.2) is 0 Å². The minimum absolute atomic E-state index is 0.744. The summed E-state index contributed by atoms with van der Waals surface area (Å²) in [4.78, 5) is 4.95. The van der Waals surface area contributed by atoms with Crippen molar-refractivity contribution in [3.05, 3.63) is 0 Å². The van der Waals surface area contributed by atoms with Crippen LogP contribution in [-0.2, 0) is 9.22 Å². The van der Waals surface area contributed by atoms with Gasteiger partial charge in [0.15, 0.2) is 0 Å². The van der Waals surface area contributed by atoms with Gasteiger partial charge in [0.05, 0.1) is 6.61 Å². The highest BCUT2D eigenvalue weighted by molar-refractivity contribution is 8.74. The molecule has 0 aromatic carbocycles. The van der Waals surface area contributed by atoms with Gasteiger partial charge in [-0.15, -0.1) is 0 Å². The van der Waals surface area contributed by atoms with Crippen LogP contribution in [0.3, 0.4) is 0 Å². The molecule has 0 N–H and O–H groups in total. The molecule has 72 valence electrons. The van der Waals surface area contributed by atoms with Crippen molar-refractivity contribution in [1.82, 2.24) is 0 Å². The Morgan fingerprint density at radius 3 is 2.50 bits per heavy atom. The van der Waals surface area contributed by atoms with Gasteiger partial charge in [-0.2, -0.15) is 4.33 Å². The quantitative estimate of drug-likeness (QED) is 0.344. The first-order valence-corrected chi connectivity index (χ1v) is 6.82. The molecule has 0 aromatic rings. The van der Waals surface area contributed by atoms with E-state index in [0.29, 0.717) is 0 Å². The average Bonchev–Trinajstić information content (AvgIpc) is 2.05. The summed E-state index contributed by atoms with van der Waals surface area (Å²) >= 11 is 1.36. The second kappa shape index (κ2) is 8.23.